The van der Waals surface area contributed by atoms with Gasteiger partial charge in [-0.05, 0) is 43.3 Å². The predicted octanol–water partition coefficient (Wildman–Crippen LogP) is 3.57. The molecule has 0 aliphatic rings. The number of benzene rings is 2. The fraction of sp³-hybridized carbons (Fsp3) is 0.222. The number of aryl methyl sites for hydroxylation is 1. The highest BCUT2D eigenvalue weighted by molar-refractivity contribution is 5.95. The number of hydrogen-bond acceptors (Lipinski definition) is 4. The summed E-state index contributed by atoms with van der Waals surface area (Å²) in [6.45, 7) is 3.61. The molecule has 0 bridgehead atoms. The summed E-state index contributed by atoms with van der Waals surface area (Å²) in [5.74, 6) is 0.576. The largest absolute Gasteiger partial charge is 0.482 e. The van der Waals surface area contributed by atoms with Gasteiger partial charge in [-0.3, -0.25) is 4.79 Å². The Bertz CT molecular complexity index is 642. The lowest BCUT2D eigenvalue weighted by Gasteiger charge is -2.07. The Hall–Kier alpha value is -2.62. The molecule has 4 heteroatoms. The quantitative estimate of drug-likeness (QED) is 0.465. The standard InChI is InChI=1S/C18H18O4/c1-3-17(19)14-6-10-16(11-7-14)22-18(20)12-21-15-8-4-13(2)5-9-15/h4-11H,3,12H2,1-2H3. The van der Waals surface area contributed by atoms with Gasteiger partial charge in [0, 0.05) is 12.0 Å². The van der Waals surface area contributed by atoms with Crippen LogP contribution in [0.1, 0.15) is 29.3 Å². The first kappa shape index (κ1) is 15.8. The number of ketones is 1. The van der Waals surface area contributed by atoms with Gasteiger partial charge in [-0.15, -0.1) is 0 Å². The lowest BCUT2D eigenvalue weighted by molar-refractivity contribution is -0.136. The molecule has 0 fully saturated rings. The normalized spacial score (nSPS) is 10.1. The third kappa shape index (κ3) is 4.45. The third-order valence-electron chi connectivity index (χ3n) is 3.11. The fourth-order valence-corrected chi connectivity index (χ4v) is 1.85. The van der Waals surface area contributed by atoms with Crippen molar-refractivity contribution in [2.24, 2.45) is 0 Å². The Morgan fingerprint density at radius 2 is 1.50 bits per heavy atom. The maximum atomic E-state index is 11.7. The molecule has 2 aromatic carbocycles. The average molecular weight is 298 g/mol. The second-order valence-electron chi connectivity index (χ2n) is 4.88. The van der Waals surface area contributed by atoms with E-state index in [0.717, 1.165) is 5.56 Å². The smallest absolute Gasteiger partial charge is 0.349 e. The topological polar surface area (TPSA) is 52.6 Å². The van der Waals surface area contributed by atoms with E-state index >= 15 is 0 Å². The Labute approximate surface area is 129 Å². The van der Waals surface area contributed by atoms with Gasteiger partial charge in [0.1, 0.15) is 11.5 Å². The van der Waals surface area contributed by atoms with Crippen LogP contribution in [0.3, 0.4) is 0 Å². The van der Waals surface area contributed by atoms with Crippen LogP contribution in [0.5, 0.6) is 11.5 Å². The van der Waals surface area contributed by atoms with Gasteiger partial charge in [0.05, 0.1) is 0 Å². The van der Waals surface area contributed by atoms with Crippen molar-refractivity contribution in [1.82, 2.24) is 0 Å². The molecule has 0 amide bonds. The van der Waals surface area contributed by atoms with E-state index in [1.54, 1.807) is 43.3 Å². The molecule has 0 radical (unpaired) electrons. The van der Waals surface area contributed by atoms with Gasteiger partial charge < -0.3 is 9.47 Å². The van der Waals surface area contributed by atoms with Crippen molar-refractivity contribution in [2.75, 3.05) is 6.61 Å². The van der Waals surface area contributed by atoms with Gasteiger partial charge in [-0.2, -0.15) is 0 Å². The van der Waals surface area contributed by atoms with Crippen LogP contribution in [0.2, 0.25) is 0 Å². The molecule has 2 rings (SSSR count). The number of Topliss-reactive ketones (excluding diaryl/α,β-unsaturated/α-hetero) is 1. The van der Waals surface area contributed by atoms with E-state index in [2.05, 4.69) is 0 Å². The predicted molar refractivity (Wildman–Crippen MR) is 83.4 cm³/mol. The zero-order chi connectivity index (χ0) is 15.9. The van der Waals surface area contributed by atoms with Crippen LogP contribution >= 0.6 is 0 Å². The highest BCUT2D eigenvalue weighted by atomic mass is 16.6. The van der Waals surface area contributed by atoms with Crippen molar-refractivity contribution < 1.29 is 19.1 Å². The van der Waals surface area contributed by atoms with Gasteiger partial charge in [0.15, 0.2) is 12.4 Å². The van der Waals surface area contributed by atoms with Crippen molar-refractivity contribution in [3.63, 3.8) is 0 Å². The minimum Gasteiger partial charge on any atom is -0.482 e. The molecule has 0 atom stereocenters. The number of carbonyl (C=O) groups is 2. The van der Waals surface area contributed by atoms with Gasteiger partial charge in [-0.25, -0.2) is 4.79 Å². The molecule has 0 spiro atoms. The summed E-state index contributed by atoms with van der Waals surface area (Å²) in [4.78, 5) is 23.2. The number of rotatable bonds is 6. The van der Waals surface area contributed by atoms with Gasteiger partial charge in [-0.1, -0.05) is 24.6 Å². The lowest BCUT2D eigenvalue weighted by Crippen LogP contribution is -2.17. The first-order valence-electron chi connectivity index (χ1n) is 7.12. The monoisotopic (exact) mass is 298 g/mol. The van der Waals surface area contributed by atoms with Crippen LogP contribution in [0.25, 0.3) is 0 Å². The number of carbonyl (C=O) groups excluding carboxylic acids is 2. The molecular formula is C18H18O4. The van der Waals surface area contributed by atoms with Crippen molar-refractivity contribution >= 4 is 11.8 Å². The van der Waals surface area contributed by atoms with E-state index < -0.39 is 5.97 Å². The summed E-state index contributed by atoms with van der Waals surface area (Å²) < 4.78 is 10.5. The molecular weight excluding hydrogens is 280 g/mol. The molecule has 0 saturated carbocycles. The maximum absolute atomic E-state index is 11.7. The zero-order valence-electron chi connectivity index (χ0n) is 12.7. The van der Waals surface area contributed by atoms with Crippen molar-refractivity contribution in [3.05, 3.63) is 59.7 Å². The Morgan fingerprint density at radius 1 is 0.909 bits per heavy atom. The van der Waals surface area contributed by atoms with Crippen LogP contribution < -0.4 is 9.47 Å². The summed E-state index contributed by atoms with van der Waals surface area (Å²) in [7, 11) is 0. The van der Waals surface area contributed by atoms with E-state index in [1.165, 1.54) is 0 Å². The Kier molecular flexibility index (Phi) is 5.31. The van der Waals surface area contributed by atoms with Crippen molar-refractivity contribution in [2.45, 2.75) is 20.3 Å². The Balaban J connectivity index is 1.86. The summed E-state index contributed by atoms with van der Waals surface area (Å²) in [5.41, 5.74) is 1.73. The van der Waals surface area contributed by atoms with E-state index in [1.807, 2.05) is 19.1 Å². The molecule has 114 valence electrons. The molecule has 22 heavy (non-hydrogen) atoms. The molecule has 0 heterocycles. The van der Waals surface area contributed by atoms with Gasteiger partial charge in [0.2, 0.25) is 0 Å². The first-order chi connectivity index (χ1) is 10.6. The van der Waals surface area contributed by atoms with E-state index in [0.29, 0.717) is 23.5 Å². The van der Waals surface area contributed by atoms with Crippen LogP contribution in [-0.2, 0) is 4.79 Å². The number of esters is 1. The average Bonchev–Trinajstić information content (AvgIpc) is 2.54. The van der Waals surface area contributed by atoms with Crippen molar-refractivity contribution in [3.8, 4) is 11.5 Å². The lowest BCUT2D eigenvalue weighted by atomic mass is 10.1. The van der Waals surface area contributed by atoms with E-state index in [-0.39, 0.29) is 12.4 Å². The minimum atomic E-state index is -0.491. The zero-order valence-corrected chi connectivity index (χ0v) is 12.7. The van der Waals surface area contributed by atoms with Gasteiger partial charge >= 0.3 is 5.97 Å². The van der Waals surface area contributed by atoms with E-state index in [9.17, 15) is 9.59 Å². The number of hydrogen-bond donors (Lipinski definition) is 0. The van der Waals surface area contributed by atoms with Crippen LogP contribution in [0.15, 0.2) is 48.5 Å². The second kappa shape index (κ2) is 7.41. The second-order valence-corrected chi connectivity index (χ2v) is 4.88. The Morgan fingerprint density at radius 3 is 2.09 bits per heavy atom. The summed E-state index contributed by atoms with van der Waals surface area (Å²) in [6.07, 6.45) is 0.448. The number of ether oxygens (including phenoxy) is 2. The van der Waals surface area contributed by atoms with E-state index in [4.69, 9.17) is 9.47 Å². The summed E-state index contributed by atoms with van der Waals surface area (Å²) >= 11 is 0. The summed E-state index contributed by atoms with van der Waals surface area (Å²) in [5, 5.41) is 0. The molecule has 0 N–H and O–H groups in total. The van der Waals surface area contributed by atoms with Crippen LogP contribution in [0.4, 0.5) is 0 Å². The van der Waals surface area contributed by atoms with Gasteiger partial charge in [0.25, 0.3) is 0 Å². The maximum Gasteiger partial charge on any atom is 0.349 e. The summed E-state index contributed by atoms with van der Waals surface area (Å²) in [6, 6.07) is 13.9. The molecule has 0 aliphatic carbocycles. The van der Waals surface area contributed by atoms with Crippen molar-refractivity contribution in [1.29, 1.82) is 0 Å². The fourth-order valence-electron chi connectivity index (χ4n) is 1.85. The molecule has 0 aliphatic heterocycles. The first-order valence-corrected chi connectivity index (χ1v) is 7.12. The van der Waals surface area contributed by atoms with Crippen LogP contribution in [-0.4, -0.2) is 18.4 Å². The molecule has 0 saturated heterocycles. The molecule has 2 aromatic rings. The van der Waals surface area contributed by atoms with Crippen LogP contribution in [0, 0.1) is 6.92 Å². The minimum absolute atomic E-state index is 0.0561. The third-order valence-corrected chi connectivity index (χ3v) is 3.11. The molecule has 0 unspecified atom stereocenters. The molecule has 4 nitrogen and oxygen atoms in total. The molecule has 0 aromatic heterocycles. The highest BCUT2D eigenvalue weighted by Gasteiger charge is 2.08. The SMILES string of the molecule is CCC(=O)c1ccc(OC(=O)COc2ccc(C)cc2)cc1. The highest BCUT2D eigenvalue weighted by Crippen LogP contribution is 2.15.